The molecule has 0 spiro atoms. The summed E-state index contributed by atoms with van der Waals surface area (Å²) < 4.78 is 0. The Bertz CT molecular complexity index is 1140. The van der Waals surface area contributed by atoms with Gasteiger partial charge in [0.25, 0.3) is 0 Å². The van der Waals surface area contributed by atoms with Crippen LogP contribution in [0.5, 0.6) is 0 Å². The minimum Gasteiger partial charge on any atom is -0.354 e. The molecule has 3 heterocycles. The molecule has 0 bridgehead atoms. The van der Waals surface area contributed by atoms with Crippen LogP contribution in [0, 0.1) is 11.3 Å². The second kappa shape index (κ2) is 10.6. The summed E-state index contributed by atoms with van der Waals surface area (Å²) in [7, 11) is 0. The highest BCUT2D eigenvalue weighted by Gasteiger charge is 2.25. The van der Waals surface area contributed by atoms with E-state index in [1.54, 1.807) is 18.3 Å². The normalized spacial score (nSPS) is 15.2. The van der Waals surface area contributed by atoms with E-state index in [0.717, 1.165) is 48.7 Å². The van der Waals surface area contributed by atoms with E-state index in [0.29, 0.717) is 18.1 Å². The number of benzene rings is 1. The molecule has 8 nitrogen and oxygen atoms in total. The lowest BCUT2D eigenvalue weighted by Gasteiger charge is -2.20. The van der Waals surface area contributed by atoms with Crippen molar-refractivity contribution in [1.82, 2.24) is 20.3 Å². The molecule has 33 heavy (non-hydrogen) atoms. The van der Waals surface area contributed by atoms with Crippen molar-refractivity contribution in [3.8, 4) is 6.07 Å². The van der Waals surface area contributed by atoms with E-state index >= 15 is 0 Å². The Morgan fingerprint density at radius 3 is 2.88 bits per heavy atom. The Morgan fingerprint density at radius 1 is 1.18 bits per heavy atom. The number of nitrogens with zero attached hydrogens (tertiary/aromatic N) is 5. The lowest BCUT2D eigenvalue weighted by atomic mass is 10.2. The second-order valence-electron chi connectivity index (χ2n) is 8.11. The standard InChI is InChI=1S/C25H27N7O/c1-2-6-20-14-23(31-25(29-20)30-21-9-5-7-18(13-21)16-26)32-12-10-22(17-32)28-24(33)15-19-8-3-4-11-27-19/h3-5,7-9,11,13-14,22H,2,6,10,12,15,17H2,1H3,(H,28,33)(H,29,30,31)/t22-/m0/s1. The Kier molecular flexibility index (Phi) is 7.10. The molecule has 1 atom stereocenters. The first-order valence-electron chi connectivity index (χ1n) is 11.2. The Morgan fingerprint density at radius 2 is 2.09 bits per heavy atom. The zero-order valence-corrected chi connectivity index (χ0v) is 18.7. The highest BCUT2D eigenvalue weighted by Crippen LogP contribution is 2.23. The molecule has 4 rings (SSSR count). The molecule has 1 aliphatic heterocycles. The van der Waals surface area contributed by atoms with Crippen LogP contribution >= 0.6 is 0 Å². The number of rotatable bonds is 8. The largest absolute Gasteiger partial charge is 0.354 e. The van der Waals surface area contributed by atoms with Crippen molar-refractivity contribution >= 4 is 23.4 Å². The highest BCUT2D eigenvalue weighted by atomic mass is 16.1. The van der Waals surface area contributed by atoms with Gasteiger partial charge in [-0.25, -0.2) is 4.98 Å². The average Bonchev–Trinajstić information content (AvgIpc) is 3.28. The van der Waals surface area contributed by atoms with E-state index in [1.165, 1.54) is 0 Å². The first-order chi connectivity index (χ1) is 16.1. The zero-order chi connectivity index (χ0) is 23.0. The first-order valence-corrected chi connectivity index (χ1v) is 11.2. The van der Waals surface area contributed by atoms with E-state index in [2.05, 4.69) is 38.5 Å². The third kappa shape index (κ3) is 6.04. The van der Waals surface area contributed by atoms with Crippen LogP contribution in [0.15, 0.2) is 54.7 Å². The molecule has 1 aromatic carbocycles. The average molecular weight is 442 g/mol. The van der Waals surface area contributed by atoms with E-state index < -0.39 is 0 Å². The van der Waals surface area contributed by atoms with Gasteiger partial charge in [-0.3, -0.25) is 9.78 Å². The number of hydrogen-bond acceptors (Lipinski definition) is 7. The van der Waals surface area contributed by atoms with Crippen molar-refractivity contribution in [2.75, 3.05) is 23.3 Å². The molecule has 2 aromatic heterocycles. The molecule has 0 unspecified atom stereocenters. The van der Waals surface area contributed by atoms with Crippen LogP contribution in [-0.2, 0) is 17.6 Å². The first kappa shape index (κ1) is 22.2. The van der Waals surface area contributed by atoms with Gasteiger partial charge >= 0.3 is 0 Å². The van der Waals surface area contributed by atoms with Gasteiger partial charge in [0.2, 0.25) is 11.9 Å². The van der Waals surface area contributed by atoms with Crippen LogP contribution in [0.1, 0.15) is 36.7 Å². The van der Waals surface area contributed by atoms with E-state index in [1.807, 2.05) is 36.4 Å². The van der Waals surface area contributed by atoms with Crippen LogP contribution in [0.2, 0.25) is 0 Å². The number of carbonyl (C=O) groups excluding carboxylic acids is 1. The summed E-state index contributed by atoms with van der Waals surface area (Å²) in [4.78, 5) is 28.2. The minimum absolute atomic E-state index is 0.0189. The van der Waals surface area contributed by atoms with Crippen molar-refractivity contribution in [1.29, 1.82) is 5.26 Å². The third-order valence-corrected chi connectivity index (χ3v) is 5.46. The molecule has 3 aromatic rings. The van der Waals surface area contributed by atoms with Gasteiger partial charge in [-0.15, -0.1) is 0 Å². The van der Waals surface area contributed by atoms with Crippen molar-refractivity contribution in [2.45, 2.75) is 38.6 Å². The van der Waals surface area contributed by atoms with Crippen molar-refractivity contribution < 1.29 is 4.79 Å². The number of pyridine rings is 1. The minimum atomic E-state index is -0.0189. The maximum absolute atomic E-state index is 12.4. The molecular formula is C25H27N7O. The predicted molar refractivity (Wildman–Crippen MR) is 127 cm³/mol. The molecule has 0 radical (unpaired) electrons. The summed E-state index contributed by atoms with van der Waals surface area (Å²) in [6.07, 6.45) is 4.66. The Balaban J connectivity index is 1.44. The fourth-order valence-corrected chi connectivity index (χ4v) is 3.91. The summed E-state index contributed by atoms with van der Waals surface area (Å²) in [6, 6.07) is 17.1. The van der Waals surface area contributed by atoms with Crippen molar-refractivity contribution in [2.24, 2.45) is 0 Å². The van der Waals surface area contributed by atoms with Crippen LogP contribution in [-0.4, -0.2) is 40.0 Å². The summed E-state index contributed by atoms with van der Waals surface area (Å²) in [5, 5.41) is 15.5. The van der Waals surface area contributed by atoms with Gasteiger partial charge in [0.1, 0.15) is 5.82 Å². The number of hydrogen-bond donors (Lipinski definition) is 2. The number of amides is 1. The molecular weight excluding hydrogens is 414 g/mol. The number of nitriles is 1. The van der Waals surface area contributed by atoms with E-state index in [-0.39, 0.29) is 18.4 Å². The number of aromatic nitrogens is 3. The van der Waals surface area contributed by atoms with Gasteiger partial charge in [0.15, 0.2) is 0 Å². The van der Waals surface area contributed by atoms with E-state index in [9.17, 15) is 4.79 Å². The van der Waals surface area contributed by atoms with Crippen molar-refractivity contribution in [3.63, 3.8) is 0 Å². The smallest absolute Gasteiger partial charge is 0.229 e. The molecule has 1 aliphatic rings. The van der Waals surface area contributed by atoms with Crippen molar-refractivity contribution in [3.05, 3.63) is 71.7 Å². The molecule has 2 N–H and O–H groups in total. The quantitative estimate of drug-likeness (QED) is 0.552. The fraction of sp³-hybridized carbons (Fsp3) is 0.320. The monoisotopic (exact) mass is 441 g/mol. The molecule has 168 valence electrons. The van der Waals surface area contributed by atoms with Crippen LogP contribution in [0.25, 0.3) is 0 Å². The topological polar surface area (TPSA) is 107 Å². The maximum Gasteiger partial charge on any atom is 0.229 e. The van der Waals surface area contributed by atoms with E-state index in [4.69, 9.17) is 10.2 Å². The fourth-order valence-electron chi connectivity index (χ4n) is 3.91. The Labute approximate surface area is 193 Å². The van der Waals surface area contributed by atoms with Gasteiger partial charge in [-0.1, -0.05) is 25.5 Å². The van der Waals surface area contributed by atoms with Crippen LogP contribution < -0.4 is 15.5 Å². The molecule has 1 amide bonds. The second-order valence-corrected chi connectivity index (χ2v) is 8.11. The molecule has 8 heteroatoms. The number of aryl methyl sites for hydroxylation is 1. The summed E-state index contributed by atoms with van der Waals surface area (Å²) in [6.45, 7) is 3.62. The third-order valence-electron chi connectivity index (χ3n) is 5.46. The van der Waals surface area contributed by atoms with Gasteiger partial charge in [0, 0.05) is 48.5 Å². The van der Waals surface area contributed by atoms with Gasteiger partial charge in [-0.2, -0.15) is 10.2 Å². The van der Waals surface area contributed by atoms with Crippen LogP contribution in [0.4, 0.5) is 17.5 Å². The summed E-state index contributed by atoms with van der Waals surface area (Å²) in [5.41, 5.74) is 3.08. The molecule has 0 saturated carbocycles. The number of nitrogens with one attached hydrogen (secondary N) is 2. The molecule has 1 saturated heterocycles. The van der Waals surface area contributed by atoms with Gasteiger partial charge < -0.3 is 15.5 Å². The highest BCUT2D eigenvalue weighted by molar-refractivity contribution is 5.78. The molecule has 0 aliphatic carbocycles. The number of carbonyl (C=O) groups is 1. The summed E-state index contributed by atoms with van der Waals surface area (Å²) >= 11 is 0. The lowest BCUT2D eigenvalue weighted by Crippen LogP contribution is -2.38. The SMILES string of the molecule is CCCc1cc(N2CC[C@H](NC(=O)Cc3ccccn3)C2)nc(Nc2cccc(C#N)c2)n1. The van der Waals surface area contributed by atoms with Gasteiger partial charge in [0.05, 0.1) is 18.1 Å². The lowest BCUT2D eigenvalue weighted by molar-refractivity contribution is -0.121. The Hall–Kier alpha value is -3.99. The predicted octanol–water partition coefficient (Wildman–Crippen LogP) is 3.38. The number of anilines is 3. The zero-order valence-electron chi connectivity index (χ0n) is 18.7. The van der Waals surface area contributed by atoms with Gasteiger partial charge in [-0.05, 0) is 43.2 Å². The van der Waals surface area contributed by atoms with Crippen LogP contribution in [0.3, 0.4) is 0 Å². The molecule has 1 fully saturated rings. The summed E-state index contributed by atoms with van der Waals surface area (Å²) in [5.74, 6) is 1.33. The maximum atomic E-state index is 12.4.